The lowest BCUT2D eigenvalue weighted by Gasteiger charge is -2.44. The molecule has 0 aromatic heterocycles. The standard InChI is InChI=1S/C49H95NO6/c1-8-12-16-20-24-28-34-44(35-29-25-21-17-13-9-2)49(48(53)54,45(36-30-26-22-18-14-10-3)37-31-27-23-19-15-11-4)40-32-38-46(51)55-42-43(5)56-47(52)39-33-41-50(6)7/h43-45H,8-42H2,1-7H3,(H,53,54). The van der Waals surface area contributed by atoms with Crippen LogP contribution in [-0.4, -0.2) is 61.3 Å². The average Bonchev–Trinajstić information content (AvgIpc) is 3.16. The maximum atomic E-state index is 14.1. The van der Waals surface area contributed by atoms with E-state index in [1.807, 2.05) is 19.0 Å². The number of carboxylic acid groups (broad SMARTS) is 1. The molecule has 0 aromatic rings. The monoisotopic (exact) mass is 794 g/mol. The first-order valence-corrected chi connectivity index (χ1v) is 24.3. The zero-order valence-electron chi connectivity index (χ0n) is 38.4. The summed E-state index contributed by atoms with van der Waals surface area (Å²) in [6.07, 6.45) is 34.7. The zero-order chi connectivity index (χ0) is 41.7. The Balaban J connectivity index is 6.23. The van der Waals surface area contributed by atoms with E-state index in [0.717, 1.165) is 64.3 Å². The summed E-state index contributed by atoms with van der Waals surface area (Å²) in [7, 11) is 3.95. The summed E-state index contributed by atoms with van der Waals surface area (Å²) >= 11 is 0. The second kappa shape index (κ2) is 37.6. The molecule has 7 heteroatoms. The molecule has 0 amide bonds. The number of esters is 2. The van der Waals surface area contributed by atoms with Gasteiger partial charge < -0.3 is 19.5 Å². The highest BCUT2D eigenvalue weighted by Crippen LogP contribution is 2.50. The van der Waals surface area contributed by atoms with Crippen molar-refractivity contribution in [3.8, 4) is 0 Å². The van der Waals surface area contributed by atoms with E-state index in [4.69, 9.17) is 9.47 Å². The number of ether oxygens (including phenoxy) is 2. The summed E-state index contributed by atoms with van der Waals surface area (Å²) in [4.78, 5) is 41.6. The van der Waals surface area contributed by atoms with Gasteiger partial charge in [0.05, 0.1) is 5.41 Å². The Kier molecular flexibility index (Phi) is 36.5. The lowest BCUT2D eigenvalue weighted by atomic mass is 9.58. The number of nitrogens with zero attached hydrogens (tertiary/aromatic N) is 1. The van der Waals surface area contributed by atoms with Gasteiger partial charge in [0.15, 0.2) is 0 Å². The molecule has 0 heterocycles. The number of carbonyl (C=O) groups is 3. The van der Waals surface area contributed by atoms with Gasteiger partial charge in [0, 0.05) is 12.8 Å². The summed E-state index contributed by atoms with van der Waals surface area (Å²) in [5.74, 6) is -0.989. The summed E-state index contributed by atoms with van der Waals surface area (Å²) in [6, 6.07) is 0. The molecule has 1 atom stereocenters. The SMILES string of the molecule is CCCCCCCCC(CCCCCCCC)C(CCCC(=O)OCC(C)OC(=O)CCCN(C)C)(C(=O)O)C(CCCCCCCC)CCCCCCCC. The van der Waals surface area contributed by atoms with Crippen LogP contribution >= 0.6 is 0 Å². The molecule has 0 aromatic carbocycles. The van der Waals surface area contributed by atoms with E-state index in [2.05, 4.69) is 27.7 Å². The highest BCUT2D eigenvalue weighted by molar-refractivity contribution is 5.76. The van der Waals surface area contributed by atoms with Crippen LogP contribution in [0.3, 0.4) is 0 Å². The van der Waals surface area contributed by atoms with E-state index < -0.39 is 17.5 Å². The summed E-state index contributed by atoms with van der Waals surface area (Å²) in [5, 5.41) is 11.6. The van der Waals surface area contributed by atoms with Crippen LogP contribution in [0.4, 0.5) is 0 Å². The fourth-order valence-electron chi connectivity index (χ4n) is 8.87. The largest absolute Gasteiger partial charge is 0.481 e. The van der Waals surface area contributed by atoms with Crippen LogP contribution in [0.25, 0.3) is 0 Å². The molecule has 0 fully saturated rings. The molecule has 0 bridgehead atoms. The molecule has 0 rings (SSSR count). The number of hydrogen-bond donors (Lipinski definition) is 1. The molecule has 0 saturated carbocycles. The number of carboxylic acids is 1. The number of aliphatic carboxylic acids is 1. The smallest absolute Gasteiger partial charge is 0.310 e. The number of unbranched alkanes of at least 4 members (excludes halogenated alkanes) is 20. The van der Waals surface area contributed by atoms with E-state index in [1.54, 1.807) is 6.92 Å². The van der Waals surface area contributed by atoms with E-state index >= 15 is 0 Å². The van der Waals surface area contributed by atoms with Gasteiger partial charge in [-0.15, -0.1) is 0 Å². The van der Waals surface area contributed by atoms with Gasteiger partial charge in [-0.3, -0.25) is 14.4 Å². The van der Waals surface area contributed by atoms with Crippen molar-refractivity contribution in [2.75, 3.05) is 27.2 Å². The Hall–Kier alpha value is -1.63. The minimum atomic E-state index is -0.838. The van der Waals surface area contributed by atoms with Crippen molar-refractivity contribution in [1.82, 2.24) is 4.90 Å². The van der Waals surface area contributed by atoms with E-state index in [0.29, 0.717) is 19.3 Å². The van der Waals surface area contributed by atoms with Crippen LogP contribution in [0, 0.1) is 17.3 Å². The second-order valence-corrected chi connectivity index (χ2v) is 17.7. The van der Waals surface area contributed by atoms with E-state index in [9.17, 15) is 19.5 Å². The quantitative estimate of drug-likeness (QED) is 0.0486. The van der Waals surface area contributed by atoms with Crippen molar-refractivity contribution in [3.63, 3.8) is 0 Å². The molecular weight excluding hydrogens is 699 g/mol. The van der Waals surface area contributed by atoms with Crippen LogP contribution in [-0.2, 0) is 23.9 Å². The van der Waals surface area contributed by atoms with Crippen molar-refractivity contribution < 1.29 is 29.0 Å². The molecule has 1 unspecified atom stereocenters. The molecule has 0 radical (unpaired) electrons. The molecular formula is C49H95NO6. The molecule has 1 N–H and O–H groups in total. The maximum absolute atomic E-state index is 14.1. The molecule has 7 nitrogen and oxygen atoms in total. The molecule has 56 heavy (non-hydrogen) atoms. The summed E-state index contributed by atoms with van der Waals surface area (Å²) in [5.41, 5.74) is -0.838. The number of carbonyl (C=O) groups excluding carboxylic acids is 2. The highest BCUT2D eigenvalue weighted by atomic mass is 16.6. The summed E-state index contributed by atoms with van der Waals surface area (Å²) in [6.45, 7) is 11.6. The lowest BCUT2D eigenvalue weighted by Crippen LogP contribution is -2.46. The van der Waals surface area contributed by atoms with Gasteiger partial charge in [-0.1, -0.05) is 182 Å². The van der Waals surface area contributed by atoms with Crippen molar-refractivity contribution in [1.29, 1.82) is 0 Å². The third-order valence-corrected chi connectivity index (χ3v) is 12.2. The van der Waals surface area contributed by atoms with E-state index in [-0.39, 0.29) is 36.8 Å². The average molecular weight is 794 g/mol. The molecule has 0 spiro atoms. The Bertz CT molecular complexity index is 854. The number of rotatable bonds is 42. The topological polar surface area (TPSA) is 93.1 Å². The van der Waals surface area contributed by atoms with Gasteiger partial charge >= 0.3 is 17.9 Å². The van der Waals surface area contributed by atoms with Crippen LogP contribution in [0.2, 0.25) is 0 Å². The van der Waals surface area contributed by atoms with Crippen molar-refractivity contribution >= 4 is 17.9 Å². The second-order valence-electron chi connectivity index (χ2n) is 17.7. The Morgan fingerprint density at radius 3 is 1.23 bits per heavy atom. The van der Waals surface area contributed by atoms with Crippen LogP contribution in [0.15, 0.2) is 0 Å². The third-order valence-electron chi connectivity index (χ3n) is 12.2. The van der Waals surface area contributed by atoms with Gasteiger partial charge in [-0.05, 0) is 84.3 Å². The fraction of sp³-hybridized carbons (Fsp3) is 0.939. The lowest BCUT2D eigenvalue weighted by molar-refractivity contribution is -0.162. The van der Waals surface area contributed by atoms with Crippen LogP contribution in [0.5, 0.6) is 0 Å². The van der Waals surface area contributed by atoms with Crippen molar-refractivity contribution in [3.05, 3.63) is 0 Å². The van der Waals surface area contributed by atoms with Crippen LogP contribution < -0.4 is 0 Å². The molecule has 0 aliphatic heterocycles. The Labute approximate surface area is 348 Å². The predicted octanol–water partition coefficient (Wildman–Crippen LogP) is 14.3. The van der Waals surface area contributed by atoms with Gasteiger partial charge in [-0.25, -0.2) is 0 Å². The Morgan fingerprint density at radius 2 is 0.875 bits per heavy atom. The van der Waals surface area contributed by atoms with Gasteiger partial charge in [-0.2, -0.15) is 0 Å². The minimum absolute atomic E-state index is 0.0275. The summed E-state index contributed by atoms with van der Waals surface area (Å²) < 4.78 is 11.1. The third kappa shape index (κ3) is 27.9. The van der Waals surface area contributed by atoms with E-state index in [1.165, 1.54) is 128 Å². The first-order valence-electron chi connectivity index (χ1n) is 24.3. The Morgan fingerprint density at radius 1 is 0.518 bits per heavy atom. The normalized spacial score (nSPS) is 12.5. The predicted molar refractivity (Wildman–Crippen MR) is 237 cm³/mol. The molecule has 0 aliphatic carbocycles. The van der Waals surface area contributed by atoms with Crippen molar-refractivity contribution in [2.45, 2.75) is 253 Å². The number of hydrogen-bond acceptors (Lipinski definition) is 6. The van der Waals surface area contributed by atoms with Gasteiger partial charge in [0.2, 0.25) is 0 Å². The molecule has 0 saturated heterocycles. The minimum Gasteiger partial charge on any atom is -0.481 e. The van der Waals surface area contributed by atoms with Crippen molar-refractivity contribution in [2.24, 2.45) is 17.3 Å². The highest BCUT2D eigenvalue weighted by Gasteiger charge is 2.50. The first kappa shape index (κ1) is 54.4. The van der Waals surface area contributed by atoms with Gasteiger partial charge in [0.25, 0.3) is 0 Å². The zero-order valence-corrected chi connectivity index (χ0v) is 38.4. The maximum Gasteiger partial charge on any atom is 0.310 e. The van der Waals surface area contributed by atoms with Crippen LogP contribution in [0.1, 0.15) is 247 Å². The molecule has 332 valence electrons. The molecule has 0 aliphatic rings. The van der Waals surface area contributed by atoms with Gasteiger partial charge in [0.1, 0.15) is 12.7 Å². The fourth-order valence-corrected chi connectivity index (χ4v) is 8.87. The first-order chi connectivity index (χ1) is 27.1.